The molecule has 1 aromatic heterocycles. The molecule has 8 heteroatoms. The Morgan fingerprint density at radius 3 is 2.71 bits per heavy atom. The van der Waals surface area contributed by atoms with Crippen molar-refractivity contribution in [2.45, 2.75) is 32.4 Å². The molecule has 0 aliphatic heterocycles. The molecule has 8 nitrogen and oxygen atoms in total. The van der Waals surface area contributed by atoms with Crippen molar-refractivity contribution in [2.24, 2.45) is 0 Å². The lowest BCUT2D eigenvalue weighted by molar-refractivity contribution is -0.139. The van der Waals surface area contributed by atoms with Gasteiger partial charge in [0.25, 0.3) is 0 Å². The molecule has 118 valence electrons. The molecule has 0 aliphatic rings. The molecular formula is C13H23N5O3. The van der Waals surface area contributed by atoms with E-state index < -0.39 is 18.0 Å². The van der Waals surface area contributed by atoms with E-state index in [9.17, 15) is 9.59 Å². The Balaban J connectivity index is 2.37. The average Bonchev–Trinajstić information content (AvgIpc) is 2.90. The molecule has 0 radical (unpaired) electrons. The maximum Gasteiger partial charge on any atom is 0.326 e. The number of aliphatic carboxylic acids is 1. The lowest BCUT2D eigenvalue weighted by Gasteiger charge is -2.21. The van der Waals surface area contributed by atoms with Crippen LogP contribution in [0, 0.1) is 0 Å². The first kappa shape index (κ1) is 17.0. The predicted molar refractivity (Wildman–Crippen MR) is 78.0 cm³/mol. The summed E-state index contributed by atoms with van der Waals surface area (Å²) in [6.07, 6.45) is 3.16. The summed E-state index contributed by atoms with van der Waals surface area (Å²) in [7, 11) is 1.96. The molecule has 0 aromatic carbocycles. The van der Waals surface area contributed by atoms with Gasteiger partial charge in [0.2, 0.25) is 0 Å². The lowest BCUT2D eigenvalue weighted by Crippen LogP contribution is -2.48. The summed E-state index contributed by atoms with van der Waals surface area (Å²) in [4.78, 5) is 31.6. The SMILES string of the molecule is CC(C)N(C)CCNC(=O)NC(Cc1cnc[nH]1)C(=O)O. The number of carbonyl (C=O) groups excluding carboxylic acids is 1. The Morgan fingerprint density at radius 1 is 1.48 bits per heavy atom. The Morgan fingerprint density at radius 2 is 2.19 bits per heavy atom. The van der Waals surface area contributed by atoms with Crippen LogP contribution in [0.25, 0.3) is 0 Å². The molecule has 0 saturated carbocycles. The second kappa shape index (κ2) is 8.25. The number of hydrogen-bond donors (Lipinski definition) is 4. The maximum atomic E-state index is 11.7. The number of nitrogens with one attached hydrogen (secondary N) is 3. The van der Waals surface area contributed by atoms with Gasteiger partial charge < -0.3 is 25.6 Å². The van der Waals surface area contributed by atoms with Crippen molar-refractivity contribution in [3.05, 3.63) is 18.2 Å². The summed E-state index contributed by atoms with van der Waals surface area (Å²) in [5.41, 5.74) is 0.655. The van der Waals surface area contributed by atoms with Gasteiger partial charge in [-0.1, -0.05) is 0 Å². The number of urea groups is 1. The minimum atomic E-state index is -1.08. The number of aromatic amines is 1. The maximum absolute atomic E-state index is 11.7. The number of rotatable bonds is 8. The third-order valence-corrected chi connectivity index (χ3v) is 3.21. The molecule has 0 spiro atoms. The lowest BCUT2D eigenvalue weighted by atomic mass is 10.2. The number of aromatic nitrogens is 2. The van der Waals surface area contributed by atoms with Gasteiger partial charge in [0, 0.05) is 37.4 Å². The van der Waals surface area contributed by atoms with Gasteiger partial charge in [0.15, 0.2) is 0 Å². The number of carboxylic acid groups (broad SMARTS) is 1. The summed E-state index contributed by atoms with van der Waals surface area (Å²) in [5.74, 6) is -1.08. The fourth-order valence-electron chi connectivity index (χ4n) is 1.63. The van der Waals surface area contributed by atoms with Gasteiger partial charge in [-0.2, -0.15) is 0 Å². The summed E-state index contributed by atoms with van der Waals surface area (Å²) in [6.45, 7) is 5.27. The molecular weight excluding hydrogens is 274 g/mol. The number of carboxylic acids is 1. The van der Waals surface area contributed by atoms with E-state index in [1.54, 1.807) is 0 Å². The van der Waals surface area contributed by atoms with Gasteiger partial charge in [-0.15, -0.1) is 0 Å². The van der Waals surface area contributed by atoms with Crippen LogP contribution in [-0.4, -0.2) is 64.2 Å². The highest BCUT2D eigenvalue weighted by atomic mass is 16.4. The van der Waals surface area contributed by atoms with Crippen LogP contribution in [0.4, 0.5) is 4.79 Å². The predicted octanol–water partition coefficient (Wildman–Crippen LogP) is 0.0448. The van der Waals surface area contributed by atoms with E-state index >= 15 is 0 Å². The van der Waals surface area contributed by atoms with Gasteiger partial charge >= 0.3 is 12.0 Å². The zero-order valence-electron chi connectivity index (χ0n) is 12.6. The van der Waals surface area contributed by atoms with Gasteiger partial charge in [-0.25, -0.2) is 14.6 Å². The van der Waals surface area contributed by atoms with Crippen LogP contribution in [0.1, 0.15) is 19.5 Å². The van der Waals surface area contributed by atoms with Gasteiger partial charge in [0.1, 0.15) is 6.04 Å². The molecule has 0 bridgehead atoms. The van der Waals surface area contributed by atoms with E-state index in [0.717, 1.165) is 0 Å². The second-order valence-corrected chi connectivity index (χ2v) is 5.15. The third-order valence-electron chi connectivity index (χ3n) is 3.21. The Labute approximate surface area is 123 Å². The normalized spacial score (nSPS) is 12.4. The van der Waals surface area contributed by atoms with Crippen LogP contribution in [-0.2, 0) is 11.2 Å². The molecule has 1 atom stereocenters. The molecule has 1 rings (SSSR count). The smallest absolute Gasteiger partial charge is 0.326 e. The molecule has 1 aromatic rings. The van der Waals surface area contributed by atoms with Gasteiger partial charge in [0.05, 0.1) is 6.33 Å². The number of likely N-dealkylation sites (N-methyl/N-ethyl adjacent to an activating group) is 1. The first-order chi connectivity index (χ1) is 9.90. The van der Waals surface area contributed by atoms with Crippen LogP contribution < -0.4 is 10.6 Å². The number of nitrogens with zero attached hydrogens (tertiary/aromatic N) is 2. The topological polar surface area (TPSA) is 110 Å². The van der Waals surface area contributed by atoms with Gasteiger partial charge in [-0.05, 0) is 20.9 Å². The molecule has 4 N–H and O–H groups in total. The van der Waals surface area contributed by atoms with Crippen LogP contribution >= 0.6 is 0 Å². The summed E-state index contributed by atoms with van der Waals surface area (Å²) < 4.78 is 0. The van der Waals surface area contributed by atoms with E-state index in [0.29, 0.717) is 24.8 Å². The molecule has 21 heavy (non-hydrogen) atoms. The van der Waals surface area contributed by atoms with E-state index in [-0.39, 0.29) is 6.42 Å². The van der Waals surface area contributed by atoms with Crippen LogP contribution in [0.3, 0.4) is 0 Å². The third kappa shape index (κ3) is 6.26. The van der Waals surface area contributed by atoms with Crippen molar-refractivity contribution in [1.82, 2.24) is 25.5 Å². The highest BCUT2D eigenvalue weighted by Crippen LogP contribution is 1.98. The quantitative estimate of drug-likeness (QED) is 0.542. The number of imidazole rings is 1. The fraction of sp³-hybridized carbons (Fsp3) is 0.615. The zero-order valence-corrected chi connectivity index (χ0v) is 12.6. The van der Waals surface area contributed by atoms with Crippen molar-refractivity contribution in [3.63, 3.8) is 0 Å². The first-order valence-corrected chi connectivity index (χ1v) is 6.84. The number of hydrogen-bond acceptors (Lipinski definition) is 4. The van der Waals surface area contributed by atoms with Crippen molar-refractivity contribution in [3.8, 4) is 0 Å². The highest BCUT2D eigenvalue weighted by Gasteiger charge is 2.20. The molecule has 0 saturated heterocycles. The molecule has 1 unspecified atom stereocenters. The van der Waals surface area contributed by atoms with Crippen molar-refractivity contribution < 1.29 is 14.7 Å². The monoisotopic (exact) mass is 297 g/mol. The first-order valence-electron chi connectivity index (χ1n) is 6.84. The Bertz CT molecular complexity index is 447. The zero-order chi connectivity index (χ0) is 15.8. The largest absolute Gasteiger partial charge is 0.480 e. The number of amides is 2. The summed E-state index contributed by atoms with van der Waals surface area (Å²) in [6, 6.07) is -1.09. The van der Waals surface area contributed by atoms with E-state index in [4.69, 9.17) is 5.11 Å². The minimum absolute atomic E-state index is 0.161. The number of H-pyrrole nitrogens is 1. The Hall–Kier alpha value is -2.09. The minimum Gasteiger partial charge on any atom is -0.480 e. The van der Waals surface area contributed by atoms with E-state index in [1.165, 1.54) is 12.5 Å². The summed E-state index contributed by atoms with van der Waals surface area (Å²) >= 11 is 0. The standard InChI is InChI=1S/C13H23N5O3/c1-9(2)18(3)5-4-15-13(21)17-11(12(19)20)6-10-7-14-8-16-10/h7-9,11H,4-6H2,1-3H3,(H,14,16)(H,19,20)(H2,15,17,21). The van der Waals surface area contributed by atoms with Crippen LogP contribution in [0.2, 0.25) is 0 Å². The molecule has 0 aliphatic carbocycles. The van der Waals surface area contributed by atoms with Crippen LogP contribution in [0.5, 0.6) is 0 Å². The molecule has 0 fully saturated rings. The summed E-state index contributed by atoms with van der Waals surface area (Å²) in [5, 5.41) is 14.2. The molecule has 2 amide bonds. The van der Waals surface area contributed by atoms with Gasteiger partial charge in [-0.3, -0.25) is 0 Å². The van der Waals surface area contributed by atoms with Crippen molar-refractivity contribution >= 4 is 12.0 Å². The Kier molecular flexibility index (Phi) is 6.67. The van der Waals surface area contributed by atoms with E-state index in [1.807, 2.05) is 7.05 Å². The van der Waals surface area contributed by atoms with Crippen LogP contribution in [0.15, 0.2) is 12.5 Å². The van der Waals surface area contributed by atoms with E-state index in [2.05, 4.69) is 39.3 Å². The van der Waals surface area contributed by atoms with Crippen molar-refractivity contribution in [1.29, 1.82) is 0 Å². The highest BCUT2D eigenvalue weighted by molar-refractivity contribution is 5.82. The number of carbonyl (C=O) groups is 2. The fourth-order valence-corrected chi connectivity index (χ4v) is 1.63. The molecule has 1 heterocycles. The average molecular weight is 297 g/mol. The second-order valence-electron chi connectivity index (χ2n) is 5.15. The van der Waals surface area contributed by atoms with Crippen molar-refractivity contribution in [2.75, 3.05) is 20.1 Å².